The van der Waals surface area contributed by atoms with Crippen LogP contribution in [0.5, 0.6) is 5.75 Å². The first-order chi connectivity index (χ1) is 16.4. The van der Waals surface area contributed by atoms with Crippen LogP contribution in [0.4, 0.5) is 0 Å². The number of hydrogen-bond donors (Lipinski definition) is 0. The van der Waals surface area contributed by atoms with Crippen LogP contribution in [-0.4, -0.2) is 43.8 Å². The summed E-state index contributed by atoms with van der Waals surface area (Å²) in [4.78, 5) is 12.5. The minimum absolute atomic E-state index is 0.136. The predicted octanol–water partition coefficient (Wildman–Crippen LogP) is 6.96. The van der Waals surface area contributed by atoms with E-state index in [1.165, 1.54) is 56.1 Å². The van der Waals surface area contributed by atoms with Crippen LogP contribution in [0.1, 0.15) is 76.3 Å². The van der Waals surface area contributed by atoms with Crippen LogP contribution in [-0.2, 0) is 22.5 Å². The van der Waals surface area contributed by atoms with Gasteiger partial charge in [-0.2, -0.15) is 0 Å². The Morgan fingerprint density at radius 1 is 0.824 bits per heavy atom. The molecule has 0 heterocycles. The molecule has 2 rings (SSSR count). The number of carbonyl (C=O) groups is 1. The number of ether oxygens (including phenoxy) is 2. The first-order valence-electron chi connectivity index (χ1n) is 13.2. The van der Waals surface area contributed by atoms with E-state index in [0.717, 1.165) is 25.1 Å². The molecule has 0 amide bonds. The maximum atomic E-state index is 12.5. The number of unbranched alkanes of at least 4 members (excludes halogenated alkanes) is 6. The third-order valence-electron chi connectivity index (χ3n) is 6.19. The van der Waals surface area contributed by atoms with E-state index in [0.29, 0.717) is 11.0 Å². The molecule has 4 nitrogen and oxygen atoms in total. The van der Waals surface area contributed by atoms with Gasteiger partial charge in [0.05, 0.1) is 14.1 Å². The van der Waals surface area contributed by atoms with Crippen molar-refractivity contribution < 1.29 is 18.8 Å². The van der Waals surface area contributed by atoms with E-state index in [1.54, 1.807) is 0 Å². The number of benzene rings is 2. The van der Waals surface area contributed by atoms with Gasteiger partial charge >= 0.3 is 5.97 Å². The standard InChI is InChI=1S/C30H46NO3/c1-5-7-8-9-10-11-13-16-26-19-21-29(22-20-26)34-28(6-2)25-33-30(32)24-31(3,4)23-27-17-14-12-15-18-27/h12,14-15,17-22,28H,5-11,13,16,23-25H2,1-4H3/q+1. The number of rotatable bonds is 17. The molecule has 188 valence electrons. The summed E-state index contributed by atoms with van der Waals surface area (Å²) < 4.78 is 12.2. The average Bonchev–Trinajstić information content (AvgIpc) is 2.82. The summed E-state index contributed by atoms with van der Waals surface area (Å²) in [5.74, 6) is 0.652. The van der Waals surface area contributed by atoms with Gasteiger partial charge in [-0.3, -0.25) is 0 Å². The summed E-state index contributed by atoms with van der Waals surface area (Å²) in [5, 5.41) is 0. The third-order valence-corrected chi connectivity index (χ3v) is 6.19. The molecule has 0 radical (unpaired) electrons. The molecule has 0 aliphatic rings. The summed E-state index contributed by atoms with van der Waals surface area (Å²) >= 11 is 0. The van der Waals surface area contributed by atoms with E-state index in [2.05, 4.69) is 52.2 Å². The third kappa shape index (κ3) is 11.7. The summed E-state index contributed by atoms with van der Waals surface area (Å²) in [6.45, 7) is 5.72. The van der Waals surface area contributed by atoms with Gasteiger partial charge in [-0.05, 0) is 37.0 Å². The Kier molecular flexibility index (Phi) is 12.8. The topological polar surface area (TPSA) is 35.5 Å². The fourth-order valence-corrected chi connectivity index (χ4v) is 4.16. The van der Waals surface area contributed by atoms with Crippen LogP contribution in [0.25, 0.3) is 0 Å². The molecule has 0 saturated heterocycles. The average molecular weight is 469 g/mol. The number of nitrogens with zero attached hydrogens (tertiary/aromatic N) is 1. The number of hydrogen-bond acceptors (Lipinski definition) is 3. The molecule has 2 aromatic carbocycles. The van der Waals surface area contributed by atoms with E-state index >= 15 is 0 Å². The highest BCUT2D eigenvalue weighted by Crippen LogP contribution is 2.18. The van der Waals surface area contributed by atoms with Gasteiger partial charge in [-0.1, -0.05) is 94.8 Å². The molecule has 0 aliphatic carbocycles. The van der Waals surface area contributed by atoms with E-state index in [-0.39, 0.29) is 18.7 Å². The van der Waals surface area contributed by atoms with Crippen LogP contribution in [0.2, 0.25) is 0 Å². The number of quaternary nitrogens is 1. The quantitative estimate of drug-likeness (QED) is 0.143. The second kappa shape index (κ2) is 15.5. The Hall–Kier alpha value is -2.33. The minimum atomic E-state index is -0.187. The SMILES string of the molecule is CCCCCCCCCc1ccc(OC(CC)COC(=O)C[N+](C)(C)Cc2ccccc2)cc1. The van der Waals surface area contributed by atoms with Crippen LogP contribution >= 0.6 is 0 Å². The van der Waals surface area contributed by atoms with Gasteiger partial charge in [0.15, 0.2) is 6.54 Å². The van der Waals surface area contributed by atoms with E-state index in [9.17, 15) is 4.79 Å². The largest absolute Gasteiger partial charge is 0.487 e. The Labute approximate surface area is 207 Å². The van der Waals surface area contributed by atoms with Crippen molar-refractivity contribution in [3.8, 4) is 5.75 Å². The maximum Gasteiger partial charge on any atom is 0.361 e. The molecule has 4 heteroatoms. The highest BCUT2D eigenvalue weighted by atomic mass is 16.6. The van der Waals surface area contributed by atoms with Gasteiger partial charge in [0.25, 0.3) is 0 Å². The minimum Gasteiger partial charge on any atom is -0.487 e. The van der Waals surface area contributed by atoms with Crippen molar-refractivity contribution in [1.82, 2.24) is 0 Å². The van der Waals surface area contributed by atoms with Gasteiger partial charge in [-0.25, -0.2) is 4.79 Å². The lowest BCUT2D eigenvalue weighted by molar-refractivity contribution is -0.896. The summed E-state index contributed by atoms with van der Waals surface area (Å²) in [5.41, 5.74) is 2.57. The van der Waals surface area contributed by atoms with Crippen molar-refractivity contribution in [2.24, 2.45) is 0 Å². The molecular weight excluding hydrogens is 422 g/mol. The zero-order chi connectivity index (χ0) is 24.7. The van der Waals surface area contributed by atoms with Crippen molar-refractivity contribution >= 4 is 5.97 Å². The lowest BCUT2D eigenvalue weighted by Crippen LogP contribution is -2.44. The first-order valence-corrected chi connectivity index (χ1v) is 13.2. The zero-order valence-electron chi connectivity index (χ0n) is 21.9. The van der Waals surface area contributed by atoms with Gasteiger partial charge in [0.1, 0.15) is 25.0 Å². The Bertz CT molecular complexity index is 802. The van der Waals surface area contributed by atoms with Crippen molar-refractivity contribution in [3.05, 3.63) is 65.7 Å². The normalized spacial score (nSPS) is 12.4. The highest BCUT2D eigenvalue weighted by molar-refractivity contribution is 5.70. The van der Waals surface area contributed by atoms with E-state index < -0.39 is 0 Å². The Morgan fingerprint density at radius 2 is 1.47 bits per heavy atom. The molecule has 0 saturated carbocycles. The highest BCUT2D eigenvalue weighted by Gasteiger charge is 2.23. The molecular formula is C30H46NO3+. The summed E-state index contributed by atoms with van der Waals surface area (Å²) in [6.07, 6.45) is 11.1. The Morgan fingerprint density at radius 3 is 2.12 bits per heavy atom. The van der Waals surface area contributed by atoms with Crippen molar-refractivity contribution in [3.63, 3.8) is 0 Å². The van der Waals surface area contributed by atoms with Crippen molar-refractivity contribution in [2.45, 2.75) is 84.3 Å². The molecule has 0 N–H and O–H groups in total. The van der Waals surface area contributed by atoms with Gasteiger partial charge in [-0.15, -0.1) is 0 Å². The van der Waals surface area contributed by atoms with Gasteiger partial charge in [0, 0.05) is 5.56 Å². The molecule has 34 heavy (non-hydrogen) atoms. The number of likely N-dealkylation sites (N-methyl/N-ethyl adjacent to an activating group) is 1. The van der Waals surface area contributed by atoms with Crippen LogP contribution in [0, 0.1) is 0 Å². The fourth-order valence-electron chi connectivity index (χ4n) is 4.16. The molecule has 0 fully saturated rings. The number of esters is 1. The first kappa shape index (κ1) is 27.9. The second-order valence-corrected chi connectivity index (χ2v) is 10.1. The van der Waals surface area contributed by atoms with Gasteiger partial charge < -0.3 is 14.0 Å². The van der Waals surface area contributed by atoms with Crippen LogP contribution < -0.4 is 4.74 Å². The van der Waals surface area contributed by atoms with Crippen LogP contribution in [0.15, 0.2) is 54.6 Å². The lowest BCUT2D eigenvalue weighted by Gasteiger charge is -2.29. The maximum absolute atomic E-state index is 12.5. The molecule has 0 aromatic heterocycles. The van der Waals surface area contributed by atoms with E-state index in [1.807, 2.05) is 30.3 Å². The molecule has 0 spiro atoms. The molecule has 1 atom stereocenters. The molecule has 0 bridgehead atoms. The number of aryl methyl sites for hydroxylation is 1. The van der Waals surface area contributed by atoms with Crippen molar-refractivity contribution in [1.29, 1.82) is 0 Å². The molecule has 1 unspecified atom stereocenters. The van der Waals surface area contributed by atoms with Crippen molar-refractivity contribution in [2.75, 3.05) is 27.2 Å². The molecule has 0 aliphatic heterocycles. The van der Waals surface area contributed by atoms with Crippen LogP contribution in [0.3, 0.4) is 0 Å². The second-order valence-electron chi connectivity index (χ2n) is 10.1. The number of carbonyl (C=O) groups excluding carboxylic acids is 1. The smallest absolute Gasteiger partial charge is 0.361 e. The molecule has 2 aromatic rings. The summed E-state index contributed by atoms with van der Waals surface area (Å²) in [7, 11) is 4.10. The fraction of sp³-hybridized carbons (Fsp3) is 0.567. The Balaban J connectivity index is 1.69. The van der Waals surface area contributed by atoms with E-state index in [4.69, 9.17) is 9.47 Å². The zero-order valence-corrected chi connectivity index (χ0v) is 21.9. The lowest BCUT2D eigenvalue weighted by atomic mass is 10.0. The monoisotopic (exact) mass is 468 g/mol. The summed E-state index contributed by atoms with van der Waals surface area (Å²) in [6, 6.07) is 18.6. The van der Waals surface area contributed by atoms with Gasteiger partial charge in [0.2, 0.25) is 0 Å². The predicted molar refractivity (Wildman–Crippen MR) is 141 cm³/mol.